The number of hydrogen-bond donors (Lipinski definition) is 2. The molecule has 0 bridgehead atoms. The second-order valence-electron chi connectivity index (χ2n) is 5.83. The van der Waals surface area contributed by atoms with E-state index in [2.05, 4.69) is 10.6 Å². The third kappa shape index (κ3) is 4.95. The monoisotopic (exact) mass is 382 g/mol. The Bertz CT molecular complexity index is 883. The smallest absolute Gasteiger partial charge is 0.257 e. The molecule has 6 heteroatoms. The van der Waals surface area contributed by atoms with Gasteiger partial charge in [0.1, 0.15) is 11.6 Å². The van der Waals surface area contributed by atoms with Crippen LogP contribution < -0.4 is 10.6 Å². The fourth-order valence-electron chi connectivity index (χ4n) is 2.60. The molecular weight excluding hydrogens is 366 g/mol. The number of rotatable bonds is 4. The van der Waals surface area contributed by atoms with Crippen LogP contribution >= 0.6 is 12.2 Å². The first kappa shape index (κ1) is 18.7. The van der Waals surface area contributed by atoms with Gasteiger partial charge < -0.3 is 5.32 Å². The summed E-state index contributed by atoms with van der Waals surface area (Å²) < 4.78 is 26.5. The van der Waals surface area contributed by atoms with E-state index >= 15 is 0 Å². The molecule has 0 fully saturated rings. The molecular formula is C21H16F2N2OS. The largest absolute Gasteiger partial charge is 0.351 e. The molecule has 3 aromatic carbocycles. The van der Waals surface area contributed by atoms with Crippen LogP contribution in [-0.2, 0) is 0 Å². The summed E-state index contributed by atoms with van der Waals surface area (Å²) in [6.07, 6.45) is 0. The number of carbonyl (C=O) groups is 1. The van der Waals surface area contributed by atoms with E-state index in [0.29, 0.717) is 5.56 Å². The first-order valence-electron chi connectivity index (χ1n) is 8.21. The Kier molecular flexibility index (Phi) is 5.88. The highest BCUT2D eigenvalue weighted by atomic mass is 32.1. The predicted octanol–water partition coefficient (Wildman–Crippen LogP) is 4.36. The summed E-state index contributed by atoms with van der Waals surface area (Å²) in [6, 6.07) is 20.0. The molecule has 0 saturated carbocycles. The van der Waals surface area contributed by atoms with Crippen molar-refractivity contribution in [2.45, 2.75) is 6.04 Å². The third-order valence-electron chi connectivity index (χ3n) is 3.95. The van der Waals surface area contributed by atoms with E-state index in [-0.39, 0.29) is 22.7 Å². The highest BCUT2D eigenvalue weighted by Gasteiger charge is 2.17. The zero-order valence-electron chi connectivity index (χ0n) is 14.2. The number of hydrogen-bond acceptors (Lipinski definition) is 2. The van der Waals surface area contributed by atoms with Crippen molar-refractivity contribution in [3.8, 4) is 0 Å². The second-order valence-corrected chi connectivity index (χ2v) is 6.24. The molecule has 27 heavy (non-hydrogen) atoms. The number of carbonyl (C=O) groups excluding carboxylic acids is 1. The third-order valence-corrected chi connectivity index (χ3v) is 4.17. The maximum atomic E-state index is 13.3. The van der Waals surface area contributed by atoms with Crippen molar-refractivity contribution < 1.29 is 13.6 Å². The Morgan fingerprint density at radius 1 is 0.778 bits per heavy atom. The average molecular weight is 382 g/mol. The van der Waals surface area contributed by atoms with Gasteiger partial charge in [0.25, 0.3) is 5.91 Å². The predicted molar refractivity (Wildman–Crippen MR) is 104 cm³/mol. The van der Waals surface area contributed by atoms with Crippen LogP contribution in [0.4, 0.5) is 8.78 Å². The summed E-state index contributed by atoms with van der Waals surface area (Å²) in [5, 5.41) is 5.78. The Labute approximate surface area is 161 Å². The van der Waals surface area contributed by atoms with Gasteiger partial charge in [-0.15, -0.1) is 0 Å². The maximum absolute atomic E-state index is 13.3. The molecule has 0 saturated heterocycles. The molecule has 0 aliphatic heterocycles. The van der Waals surface area contributed by atoms with Gasteiger partial charge >= 0.3 is 0 Å². The number of amides is 1. The van der Waals surface area contributed by atoms with Crippen LogP contribution in [0.15, 0.2) is 78.9 Å². The summed E-state index contributed by atoms with van der Waals surface area (Å²) in [4.78, 5) is 12.3. The van der Waals surface area contributed by atoms with E-state index in [9.17, 15) is 13.6 Å². The lowest BCUT2D eigenvalue weighted by Crippen LogP contribution is -2.41. The standard InChI is InChI=1S/C21H16F2N2OS/c22-17-10-6-14(7-11-17)19(15-8-12-18(23)13-9-15)24-21(27)25-20(26)16-4-2-1-3-5-16/h1-13,19H,(H2,24,25,26,27). The van der Waals surface area contributed by atoms with Gasteiger partial charge in [-0.25, -0.2) is 8.78 Å². The Balaban J connectivity index is 1.80. The fraction of sp³-hybridized carbons (Fsp3) is 0.0476. The molecule has 0 aliphatic carbocycles. The molecule has 136 valence electrons. The zero-order chi connectivity index (χ0) is 19.2. The van der Waals surface area contributed by atoms with Gasteiger partial charge in [0, 0.05) is 5.56 Å². The van der Waals surface area contributed by atoms with Crippen LogP contribution in [0.2, 0.25) is 0 Å². The van der Waals surface area contributed by atoms with Crippen molar-refractivity contribution in [2.24, 2.45) is 0 Å². The molecule has 3 nitrogen and oxygen atoms in total. The van der Waals surface area contributed by atoms with Crippen molar-refractivity contribution in [3.05, 3.63) is 107 Å². The second kappa shape index (κ2) is 8.51. The van der Waals surface area contributed by atoms with E-state index in [4.69, 9.17) is 12.2 Å². The SMILES string of the molecule is O=C(NC(=S)NC(c1ccc(F)cc1)c1ccc(F)cc1)c1ccccc1. The maximum Gasteiger partial charge on any atom is 0.257 e. The van der Waals surface area contributed by atoms with Crippen LogP contribution in [0.5, 0.6) is 0 Å². The van der Waals surface area contributed by atoms with E-state index in [0.717, 1.165) is 11.1 Å². The van der Waals surface area contributed by atoms with E-state index in [1.807, 2.05) is 6.07 Å². The van der Waals surface area contributed by atoms with Crippen LogP contribution in [0.3, 0.4) is 0 Å². The summed E-state index contributed by atoms with van der Waals surface area (Å²) in [7, 11) is 0. The number of halogens is 2. The van der Waals surface area contributed by atoms with Crippen molar-refractivity contribution in [1.29, 1.82) is 0 Å². The first-order valence-corrected chi connectivity index (χ1v) is 8.61. The topological polar surface area (TPSA) is 41.1 Å². The number of nitrogens with one attached hydrogen (secondary N) is 2. The zero-order valence-corrected chi connectivity index (χ0v) is 15.0. The Hall–Kier alpha value is -3.12. The molecule has 1 amide bonds. The van der Waals surface area contributed by atoms with E-state index < -0.39 is 6.04 Å². The molecule has 0 aromatic heterocycles. The molecule has 3 rings (SSSR count). The van der Waals surface area contributed by atoms with Crippen LogP contribution in [0.25, 0.3) is 0 Å². The minimum Gasteiger partial charge on any atom is -0.351 e. The lowest BCUT2D eigenvalue weighted by Gasteiger charge is -2.21. The Morgan fingerprint density at radius 2 is 1.26 bits per heavy atom. The average Bonchev–Trinajstić information content (AvgIpc) is 2.68. The van der Waals surface area contributed by atoms with Crippen LogP contribution in [0, 0.1) is 11.6 Å². The van der Waals surface area contributed by atoms with Gasteiger partial charge in [0.2, 0.25) is 0 Å². The molecule has 0 aliphatic rings. The number of thiocarbonyl (C=S) groups is 1. The van der Waals surface area contributed by atoms with Gasteiger partial charge in [0.05, 0.1) is 6.04 Å². The minimum atomic E-state index is -0.477. The number of benzene rings is 3. The van der Waals surface area contributed by atoms with Gasteiger partial charge in [0.15, 0.2) is 5.11 Å². The van der Waals surface area contributed by atoms with Crippen molar-refractivity contribution in [2.75, 3.05) is 0 Å². The van der Waals surface area contributed by atoms with Crippen molar-refractivity contribution in [1.82, 2.24) is 10.6 Å². The summed E-state index contributed by atoms with van der Waals surface area (Å²) in [6.45, 7) is 0. The van der Waals surface area contributed by atoms with Crippen molar-refractivity contribution in [3.63, 3.8) is 0 Å². The molecule has 2 N–H and O–H groups in total. The summed E-state index contributed by atoms with van der Waals surface area (Å²) >= 11 is 5.27. The highest BCUT2D eigenvalue weighted by molar-refractivity contribution is 7.80. The summed E-state index contributed by atoms with van der Waals surface area (Å²) in [5.74, 6) is -1.07. The quantitative estimate of drug-likeness (QED) is 0.659. The Morgan fingerprint density at radius 3 is 1.74 bits per heavy atom. The lowest BCUT2D eigenvalue weighted by molar-refractivity contribution is 0.0976. The van der Waals surface area contributed by atoms with Gasteiger partial charge in [-0.1, -0.05) is 42.5 Å². The lowest BCUT2D eigenvalue weighted by atomic mass is 9.99. The molecule has 0 radical (unpaired) electrons. The molecule has 0 atom stereocenters. The summed E-state index contributed by atoms with van der Waals surface area (Å²) in [5.41, 5.74) is 1.92. The van der Waals surface area contributed by atoms with Gasteiger partial charge in [-0.2, -0.15) is 0 Å². The van der Waals surface area contributed by atoms with E-state index in [1.165, 1.54) is 24.3 Å². The van der Waals surface area contributed by atoms with E-state index in [1.54, 1.807) is 48.5 Å². The normalized spacial score (nSPS) is 10.5. The van der Waals surface area contributed by atoms with Crippen molar-refractivity contribution >= 4 is 23.2 Å². The van der Waals surface area contributed by atoms with Gasteiger partial charge in [-0.05, 0) is 59.7 Å². The van der Waals surface area contributed by atoms with Crippen LogP contribution in [0.1, 0.15) is 27.5 Å². The molecule has 0 spiro atoms. The van der Waals surface area contributed by atoms with Crippen LogP contribution in [-0.4, -0.2) is 11.0 Å². The fourth-order valence-corrected chi connectivity index (χ4v) is 2.81. The molecule has 0 heterocycles. The molecule has 0 unspecified atom stereocenters. The minimum absolute atomic E-state index is 0.113. The molecule has 3 aromatic rings. The van der Waals surface area contributed by atoms with Gasteiger partial charge in [-0.3, -0.25) is 10.1 Å². The first-order chi connectivity index (χ1) is 13.0. The highest BCUT2D eigenvalue weighted by Crippen LogP contribution is 2.22.